The zero-order valence-corrected chi connectivity index (χ0v) is 13.8. The van der Waals surface area contributed by atoms with Crippen LogP contribution in [0.15, 0.2) is 53.4 Å². The summed E-state index contributed by atoms with van der Waals surface area (Å²) in [5.74, 6) is -2.34. The highest BCUT2D eigenvalue weighted by atomic mass is 32.2. The number of halogens is 2. The summed E-state index contributed by atoms with van der Waals surface area (Å²) in [7, 11) is -3.55. The number of sulfone groups is 1. The van der Waals surface area contributed by atoms with Gasteiger partial charge in [-0.15, -0.1) is 0 Å². The van der Waals surface area contributed by atoms with Crippen LogP contribution >= 0.6 is 0 Å². The van der Waals surface area contributed by atoms with Crippen molar-refractivity contribution < 1.29 is 22.0 Å². The van der Waals surface area contributed by atoms with Gasteiger partial charge in [0.05, 0.1) is 16.7 Å². The predicted molar refractivity (Wildman–Crippen MR) is 86.0 cm³/mol. The Bertz CT molecular complexity index is 823. The summed E-state index contributed by atoms with van der Waals surface area (Å²) in [6.07, 6.45) is -0.246. The fourth-order valence-corrected chi connectivity index (χ4v) is 3.48. The highest BCUT2D eigenvalue weighted by Gasteiger charge is 2.18. The standard InChI is InChI=1S/C17H17F2NO3S/c1-12(15-8-7-13(18)11-16(15)19)20-17(21)9-10-24(22,23)14-5-3-2-4-6-14/h2-8,11-12H,9-10H2,1H3,(H,20,21)/t12-/m0/s1. The maximum Gasteiger partial charge on any atom is 0.221 e. The molecule has 0 aromatic heterocycles. The molecule has 0 aliphatic rings. The Labute approximate surface area is 139 Å². The number of nitrogens with one attached hydrogen (secondary N) is 1. The molecular formula is C17H17F2NO3S. The van der Waals surface area contributed by atoms with E-state index >= 15 is 0 Å². The van der Waals surface area contributed by atoms with Crippen molar-refractivity contribution in [3.63, 3.8) is 0 Å². The lowest BCUT2D eigenvalue weighted by atomic mass is 10.1. The van der Waals surface area contributed by atoms with Crippen molar-refractivity contribution in [1.82, 2.24) is 5.32 Å². The third-order valence-corrected chi connectivity index (χ3v) is 5.24. The van der Waals surface area contributed by atoms with E-state index in [0.717, 1.165) is 12.1 Å². The zero-order chi connectivity index (χ0) is 17.7. The van der Waals surface area contributed by atoms with Crippen molar-refractivity contribution in [2.24, 2.45) is 0 Å². The summed E-state index contributed by atoms with van der Waals surface area (Å²) in [6, 6.07) is 10.2. The number of hydrogen-bond acceptors (Lipinski definition) is 3. The topological polar surface area (TPSA) is 63.2 Å². The Hall–Kier alpha value is -2.28. The minimum Gasteiger partial charge on any atom is -0.349 e. The Balaban J connectivity index is 1.96. The Kier molecular flexibility index (Phi) is 5.66. The number of hydrogen-bond donors (Lipinski definition) is 1. The van der Waals surface area contributed by atoms with Crippen molar-refractivity contribution in [3.05, 3.63) is 65.7 Å². The minimum absolute atomic E-state index is 0.135. The molecule has 2 aromatic rings. The number of carbonyl (C=O) groups excluding carboxylic acids is 1. The average Bonchev–Trinajstić information content (AvgIpc) is 2.54. The van der Waals surface area contributed by atoms with Gasteiger partial charge in [-0.2, -0.15) is 0 Å². The fourth-order valence-electron chi connectivity index (χ4n) is 2.22. The van der Waals surface area contributed by atoms with Crippen LogP contribution in [0, 0.1) is 11.6 Å². The van der Waals surface area contributed by atoms with Gasteiger partial charge in [0.1, 0.15) is 11.6 Å². The molecule has 0 radical (unpaired) electrons. The molecule has 0 heterocycles. The maximum absolute atomic E-state index is 13.7. The van der Waals surface area contributed by atoms with Gasteiger partial charge < -0.3 is 5.32 Å². The molecule has 128 valence electrons. The molecule has 0 aliphatic carbocycles. The van der Waals surface area contributed by atoms with Crippen LogP contribution in [0.4, 0.5) is 8.78 Å². The van der Waals surface area contributed by atoms with Crippen LogP contribution in [0.2, 0.25) is 0 Å². The zero-order valence-electron chi connectivity index (χ0n) is 13.0. The molecular weight excluding hydrogens is 336 g/mol. The first-order chi connectivity index (χ1) is 11.3. The van der Waals surface area contributed by atoms with Crippen molar-refractivity contribution in [3.8, 4) is 0 Å². The van der Waals surface area contributed by atoms with E-state index in [1.807, 2.05) is 0 Å². The van der Waals surface area contributed by atoms with Gasteiger partial charge in [0.2, 0.25) is 5.91 Å². The first-order valence-corrected chi connectivity index (χ1v) is 8.97. The Morgan fingerprint density at radius 1 is 1.12 bits per heavy atom. The summed E-state index contributed by atoms with van der Waals surface area (Å²) < 4.78 is 50.8. The van der Waals surface area contributed by atoms with E-state index in [1.165, 1.54) is 18.2 Å². The number of carbonyl (C=O) groups is 1. The highest BCUT2D eigenvalue weighted by molar-refractivity contribution is 7.91. The summed E-state index contributed by atoms with van der Waals surface area (Å²) >= 11 is 0. The van der Waals surface area contributed by atoms with E-state index in [9.17, 15) is 22.0 Å². The molecule has 0 fully saturated rings. The molecule has 24 heavy (non-hydrogen) atoms. The van der Waals surface area contributed by atoms with Crippen molar-refractivity contribution in [2.75, 3.05) is 5.75 Å². The van der Waals surface area contributed by atoms with Crippen LogP contribution in [0.25, 0.3) is 0 Å². The Morgan fingerprint density at radius 2 is 1.79 bits per heavy atom. The molecule has 2 rings (SSSR count). The number of rotatable bonds is 6. The molecule has 0 bridgehead atoms. The van der Waals surface area contributed by atoms with Crippen LogP contribution in [-0.2, 0) is 14.6 Å². The van der Waals surface area contributed by atoms with E-state index in [-0.39, 0.29) is 22.6 Å². The molecule has 0 saturated heterocycles. The van der Waals surface area contributed by atoms with Crippen LogP contribution < -0.4 is 5.32 Å². The molecule has 2 aromatic carbocycles. The molecule has 4 nitrogen and oxygen atoms in total. The van der Waals surface area contributed by atoms with E-state index in [2.05, 4.69) is 5.32 Å². The van der Waals surface area contributed by atoms with Gasteiger partial charge in [-0.3, -0.25) is 4.79 Å². The molecule has 0 saturated carbocycles. The summed E-state index contributed by atoms with van der Waals surface area (Å²) in [6.45, 7) is 1.54. The fraction of sp³-hybridized carbons (Fsp3) is 0.235. The first kappa shape index (κ1) is 18.1. The van der Waals surface area contributed by atoms with Gasteiger partial charge in [-0.25, -0.2) is 17.2 Å². The van der Waals surface area contributed by atoms with Crippen LogP contribution in [-0.4, -0.2) is 20.1 Å². The van der Waals surface area contributed by atoms with Crippen LogP contribution in [0.1, 0.15) is 24.9 Å². The molecule has 1 N–H and O–H groups in total. The van der Waals surface area contributed by atoms with Crippen LogP contribution in [0.3, 0.4) is 0 Å². The molecule has 0 spiro atoms. The molecule has 1 amide bonds. The average molecular weight is 353 g/mol. The second-order valence-electron chi connectivity index (χ2n) is 5.34. The normalized spacial score (nSPS) is 12.6. The van der Waals surface area contributed by atoms with Gasteiger partial charge in [0, 0.05) is 18.1 Å². The van der Waals surface area contributed by atoms with Crippen LogP contribution in [0.5, 0.6) is 0 Å². The predicted octanol–water partition coefficient (Wildman–Crippen LogP) is 3.01. The van der Waals surface area contributed by atoms with Gasteiger partial charge in [0.25, 0.3) is 0 Å². The summed E-state index contributed by atoms with van der Waals surface area (Å²) in [5, 5.41) is 2.51. The van der Waals surface area contributed by atoms with E-state index < -0.39 is 33.4 Å². The SMILES string of the molecule is C[C@H](NC(=O)CCS(=O)(=O)c1ccccc1)c1ccc(F)cc1F. The van der Waals surface area contributed by atoms with E-state index in [0.29, 0.717) is 0 Å². The Morgan fingerprint density at radius 3 is 2.42 bits per heavy atom. The van der Waals surface area contributed by atoms with Gasteiger partial charge in [-0.05, 0) is 25.1 Å². The van der Waals surface area contributed by atoms with Crippen molar-refractivity contribution in [2.45, 2.75) is 24.3 Å². The molecule has 0 unspecified atom stereocenters. The largest absolute Gasteiger partial charge is 0.349 e. The lowest BCUT2D eigenvalue weighted by Gasteiger charge is -2.15. The minimum atomic E-state index is -3.55. The molecule has 0 aliphatic heterocycles. The maximum atomic E-state index is 13.7. The van der Waals surface area contributed by atoms with Crippen molar-refractivity contribution in [1.29, 1.82) is 0 Å². The lowest BCUT2D eigenvalue weighted by Crippen LogP contribution is -2.28. The monoisotopic (exact) mass is 353 g/mol. The third-order valence-electron chi connectivity index (χ3n) is 3.51. The van der Waals surface area contributed by atoms with E-state index in [4.69, 9.17) is 0 Å². The molecule has 1 atom stereocenters. The highest BCUT2D eigenvalue weighted by Crippen LogP contribution is 2.18. The van der Waals surface area contributed by atoms with Gasteiger partial charge in [0.15, 0.2) is 9.84 Å². The summed E-state index contributed by atoms with van der Waals surface area (Å²) in [4.78, 5) is 12.1. The second kappa shape index (κ2) is 7.53. The van der Waals surface area contributed by atoms with E-state index in [1.54, 1.807) is 25.1 Å². The smallest absolute Gasteiger partial charge is 0.221 e. The van der Waals surface area contributed by atoms with Gasteiger partial charge in [-0.1, -0.05) is 24.3 Å². The molecule has 7 heteroatoms. The number of amides is 1. The van der Waals surface area contributed by atoms with Crippen molar-refractivity contribution >= 4 is 15.7 Å². The first-order valence-electron chi connectivity index (χ1n) is 7.32. The second-order valence-corrected chi connectivity index (χ2v) is 7.45. The summed E-state index contributed by atoms with van der Waals surface area (Å²) in [5.41, 5.74) is 0.135. The third kappa shape index (κ3) is 4.61. The lowest BCUT2D eigenvalue weighted by molar-refractivity contribution is -0.121. The van der Waals surface area contributed by atoms with Gasteiger partial charge >= 0.3 is 0 Å². The quantitative estimate of drug-likeness (QED) is 0.868. The number of benzene rings is 2.